The third kappa shape index (κ3) is 2.97. The normalized spacial score (nSPS) is 26.6. The second-order valence-electron chi connectivity index (χ2n) is 5.84. The summed E-state index contributed by atoms with van der Waals surface area (Å²) >= 11 is 0. The van der Waals surface area contributed by atoms with Gasteiger partial charge in [0.05, 0.1) is 12.1 Å². The minimum atomic E-state index is 0.0448. The van der Waals surface area contributed by atoms with E-state index in [9.17, 15) is 4.79 Å². The minimum absolute atomic E-state index is 0.0448. The minimum Gasteiger partial charge on any atom is -0.356 e. The molecule has 2 aliphatic rings. The Morgan fingerprint density at radius 3 is 3.05 bits per heavy atom. The third-order valence-electron chi connectivity index (χ3n) is 4.25. The molecule has 0 bridgehead atoms. The topological polar surface area (TPSA) is 59.0 Å². The first-order valence-electron chi connectivity index (χ1n) is 7.21. The molecule has 104 valence electrons. The van der Waals surface area contributed by atoms with Gasteiger partial charge in [0.1, 0.15) is 0 Å². The number of aryl methyl sites for hydroxylation is 1. The first-order chi connectivity index (χ1) is 9.24. The number of carbonyl (C=O) groups excluding carboxylic acids is 1. The van der Waals surface area contributed by atoms with Crippen LogP contribution >= 0.6 is 0 Å². The molecule has 5 nitrogen and oxygen atoms in total. The Morgan fingerprint density at radius 2 is 2.37 bits per heavy atom. The van der Waals surface area contributed by atoms with Crippen molar-refractivity contribution in [1.82, 2.24) is 20.4 Å². The van der Waals surface area contributed by atoms with Gasteiger partial charge in [-0.1, -0.05) is 12.8 Å². The number of rotatable bonds is 5. The highest BCUT2D eigenvalue weighted by molar-refractivity contribution is 5.80. The van der Waals surface area contributed by atoms with E-state index in [2.05, 4.69) is 15.7 Å². The molecule has 0 radical (unpaired) electrons. The fourth-order valence-electron chi connectivity index (χ4n) is 2.87. The lowest BCUT2D eigenvalue weighted by Crippen LogP contribution is -2.35. The zero-order valence-electron chi connectivity index (χ0n) is 11.4. The second-order valence-corrected chi connectivity index (χ2v) is 5.84. The highest BCUT2D eigenvalue weighted by atomic mass is 16.1. The summed E-state index contributed by atoms with van der Waals surface area (Å²) in [4.78, 5) is 12.3. The Labute approximate surface area is 113 Å². The highest BCUT2D eigenvalue weighted by Crippen LogP contribution is 2.32. The largest absolute Gasteiger partial charge is 0.356 e. The third-order valence-corrected chi connectivity index (χ3v) is 4.25. The molecule has 2 N–H and O–H groups in total. The molecule has 19 heavy (non-hydrogen) atoms. The summed E-state index contributed by atoms with van der Waals surface area (Å²) in [7, 11) is 1.91. The summed E-state index contributed by atoms with van der Waals surface area (Å²) in [5.41, 5.74) is 1.16. The van der Waals surface area contributed by atoms with Crippen molar-refractivity contribution in [3.63, 3.8) is 0 Å². The molecule has 2 fully saturated rings. The van der Waals surface area contributed by atoms with E-state index in [4.69, 9.17) is 0 Å². The van der Waals surface area contributed by atoms with Crippen LogP contribution in [0.2, 0.25) is 0 Å². The average Bonchev–Trinajstić information content (AvgIpc) is 2.91. The fraction of sp³-hybridized carbons (Fsp3) is 0.714. The van der Waals surface area contributed by atoms with Crippen molar-refractivity contribution in [1.29, 1.82) is 0 Å². The van der Waals surface area contributed by atoms with Crippen molar-refractivity contribution < 1.29 is 4.79 Å². The van der Waals surface area contributed by atoms with E-state index in [1.54, 1.807) is 4.68 Å². The van der Waals surface area contributed by atoms with Gasteiger partial charge in [0.2, 0.25) is 5.91 Å². The van der Waals surface area contributed by atoms with E-state index in [1.165, 1.54) is 12.8 Å². The van der Waals surface area contributed by atoms with Crippen molar-refractivity contribution in [3.05, 3.63) is 18.0 Å². The van der Waals surface area contributed by atoms with E-state index in [-0.39, 0.29) is 17.7 Å². The molecular weight excluding hydrogens is 240 g/mol. The van der Waals surface area contributed by atoms with Crippen LogP contribution in [-0.2, 0) is 11.8 Å². The summed E-state index contributed by atoms with van der Waals surface area (Å²) in [6, 6.07) is 0. The standard InChI is InChI=1S/C14H22N4O/c1-18-9-11(6-17-18)12-7-15-8-13(12)14(19)16-5-4-10-2-3-10/h6,9-10,12-13,15H,2-5,7-8H2,1H3,(H,16,19)/t12-,13+/m1/s1. The van der Waals surface area contributed by atoms with Crippen molar-refractivity contribution in [2.24, 2.45) is 18.9 Å². The maximum atomic E-state index is 12.3. The van der Waals surface area contributed by atoms with E-state index >= 15 is 0 Å². The molecule has 2 heterocycles. The maximum absolute atomic E-state index is 12.3. The molecule has 0 aromatic carbocycles. The zero-order valence-corrected chi connectivity index (χ0v) is 11.4. The molecule has 5 heteroatoms. The molecule has 1 saturated carbocycles. The molecule has 0 unspecified atom stereocenters. The molecule has 1 aromatic heterocycles. The van der Waals surface area contributed by atoms with Gasteiger partial charge in [-0.05, 0) is 17.9 Å². The van der Waals surface area contributed by atoms with E-state index in [0.29, 0.717) is 0 Å². The number of carbonyl (C=O) groups is 1. The lowest BCUT2D eigenvalue weighted by Gasteiger charge is -2.16. The zero-order chi connectivity index (χ0) is 13.2. The van der Waals surface area contributed by atoms with Crippen LogP contribution in [-0.4, -0.2) is 35.3 Å². The molecule has 3 rings (SSSR count). The Hall–Kier alpha value is -1.36. The van der Waals surface area contributed by atoms with Crippen LogP contribution in [0.15, 0.2) is 12.4 Å². The lowest BCUT2D eigenvalue weighted by molar-refractivity contribution is -0.124. The summed E-state index contributed by atoms with van der Waals surface area (Å²) in [5, 5.41) is 10.6. The van der Waals surface area contributed by atoms with Crippen LogP contribution in [0, 0.1) is 11.8 Å². The van der Waals surface area contributed by atoms with Crippen LogP contribution < -0.4 is 10.6 Å². The number of hydrogen-bond acceptors (Lipinski definition) is 3. The number of aromatic nitrogens is 2. The van der Waals surface area contributed by atoms with Crippen molar-refractivity contribution in [2.75, 3.05) is 19.6 Å². The van der Waals surface area contributed by atoms with Crippen LogP contribution in [0.5, 0.6) is 0 Å². The highest BCUT2D eigenvalue weighted by Gasteiger charge is 2.34. The molecule has 1 aliphatic carbocycles. The van der Waals surface area contributed by atoms with Gasteiger partial charge in [0, 0.05) is 38.8 Å². The quantitative estimate of drug-likeness (QED) is 0.818. The van der Waals surface area contributed by atoms with Crippen molar-refractivity contribution >= 4 is 5.91 Å². The van der Waals surface area contributed by atoms with Gasteiger partial charge in [-0.2, -0.15) is 5.10 Å². The predicted octanol–water partition coefficient (Wildman–Crippen LogP) is 0.639. The second kappa shape index (κ2) is 5.33. The fourth-order valence-corrected chi connectivity index (χ4v) is 2.87. The summed E-state index contributed by atoms with van der Waals surface area (Å²) in [6.45, 7) is 2.47. The number of nitrogens with zero attached hydrogens (tertiary/aromatic N) is 2. The Morgan fingerprint density at radius 1 is 1.53 bits per heavy atom. The van der Waals surface area contributed by atoms with E-state index < -0.39 is 0 Å². The molecule has 1 aliphatic heterocycles. The molecular formula is C14H22N4O. The smallest absolute Gasteiger partial charge is 0.225 e. The van der Waals surface area contributed by atoms with Gasteiger partial charge >= 0.3 is 0 Å². The SMILES string of the molecule is Cn1cc([C@H]2CNC[C@@H]2C(=O)NCCC2CC2)cn1. The van der Waals surface area contributed by atoms with E-state index in [0.717, 1.165) is 37.5 Å². The Kier molecular flexibility index (Phi) is 3.55. The van der Waals surface area contributed by atoms with Gasteiger partial charge in [0.25, 0.3) is 0 Å². The number of hydrogen-bond donors (Lipinski definition) is 2. The molecule has 1 saturated heterocycles. The van der Waals surface area contributed by atoms with Crippen LogP contribution in [0.3, 0.4) is 0 Å². The first kappa shape index (κ1) is 12.7. The molecule has 0 spiro atoms. The summed E-state index contributed by atoms with van der Waals surface area (Å²) in [5.74, 6) is 1.37. The van der Waals surface area contributed by atoms with Gasteiger partial charge in [0.15, 0.2) is 0 Å². The molecule has 2 atom stereocenters. The molecule has 1 amide bonds. The molecule has 1 aromatic rings. The summed E-state index contributed by atoms with van der Waals surface area (Å²) < 4.78 is 1.80. The van der Waals surface area contributed by atoms with Crippen molar-refractivity contribution in [3.8, 4) is 0 Å². The van der Waals surface area contributed by atoms with Crippen LogP contribution in [0.4, 0.5) is 0 Å². The van der Waals surface area contributed by atoms with Gasteiger partial charge in [-0.3, -0.25) is 9.48 Å². The van der Waals surface area contributed by atoms with E-state index in [1.807, 2.05) is 19.4 Å². The van der Waals surface area contributed by atoms with Crippen molar-refractivity contribution in [2.45, 2.75) is 25.2 Å². The van der Waals surface area contributed by atoms with Crippen LogP contribution in [0.1, 0.15) is 30.7 Å². The Bertz CT molecular complexity index is 452. The number of amides is 1. The number of nitrogens with one attached hydrogen (secondary N) is 2. The van der Waals surface area contributed by atoms with Crippen LogP contribution in [0.25, 0.3) is 0 Å². The summed E-state index contributed by atoms with van der Waals surface area (Å²) in [6.07, 6.45) is 7.73. The Balaban J connectivity index is 1.56. The van der Waals surface area contributed by atoms with Gasteiger partial charge < -0.3 is 10.6 Å². The van der Waals surface area contributed by atoms with Gasteiger partial charge in [-0.15, -0.1) is 0 Å². The monoisotopic (exact) mass is 262 g/mol. The maximum Gasteiger partial charge on any atom is 0.225 e. The van der Waals surface area contributed by atoms with Gasteiger partial charge in [-0.25, -0.2) is 0 Å². The predicted molar refractivity (Wildman–Crippen MR) is 72.7 cm³/mol. The first-order valence-corrected chi connectivity index (χ1v) is 7.21. The average molecular weight is 262 g/mol. The lowest BCUT2D eigenvalue weighted by atomic mass is 9.90.